The Bertz CT molecular complexity index is 682. The predicted molar refractivity (Wildman–Crippen MR) is 105 cm³/mol. The van der Waals surface area contributed by atoms with E-state index in [4.69, 9.17) is 0 Å². The molecular formula is C24H32. The molecule has 2 aromatic carbocycles. The van der Waals surface area contributed by atoms with Gasteiger partial charge in [-0.1, -0.05) is 74.7 Å². The van der Waals surface area contributed by atoms with E-state index in [2.05, 4.69) is 70.2 Å². The van der Waals surface area contributed by atoms with Gasteiger partial charge in [0.05, 0.1) is 0 Å². The molecule has 3 rings (SSSR count). The van der Waals surface area contributed by atoms with Gasteiger partial charge in [-0.25, -0.2) is 0 Å². The van der Waals surface area contributed by atoms with Crippen LogP contribution in [0.2, 0.25) is 0 Å². The zero-order chi connectivity index (χ0) is 17.1. The molecule has 2 aromatic rings. The minimum absolute atomic E-state index is 0.855. The number of hydrogen-bond donors (Lipinski definition) is 0. The molecule has 0 radical (unpaired) electrons. The number of benzene rings is 2. The molecule has 0 aliphatic heterocycles. The summed E-state index contributed by atoms with van der Waals surface area (Å²) in [5, 5.41) is 0. The van der Waals surface area contributed by atoms with Gasteiger partial charge >= 0.3 is 0 Å². The van der Waals surface area contributed by atoms with Crippen LogP contribution in [0.15, 0.2) is 42.5 Å². The van der Waals surface area contributed by atoms with Crippen molar-refractivity contribution in [3.63, 3.8) is 0 Å². The van der Waals surface area contributed by atoms with Crippen molar-refractivity contribution in [3.05, 3.63) is 70.3 Å². The lowest BCUT2D eigenvalue weighted by Gasteiger charge is -2.33. The highest BCUT2D eigenvalue weighted by atomic mass is 14.3. The SMILES string of the molecule is Cc1ccc(C)c(Cc2ccccc2CC2CC(C)CCC2C)c1. The molecule has 1 aliphatic carbocycles. The summed E-state index contributed by atoms with van der Waals surface area (Å²) in [6.07, 6.45) is 6.55. The number of rotatable bonds is 4. The molecule has 0 aromatic heterocycles. The van der Waals surface area contributed by atoms with E-state index in [9.17, 15) is 0 Å². The maximum atomic E-state index is 2.46. The minimum atomic E-state index is 0.855. The van der Waals surface area contributed by atoms with Gasteiger partial charge in [0.2, 0.25) is 0 Å². The molecule has 0 heteroatoms. The second-order valence-corrected chi connectivity index (χ2v) is 8.24. The Labute approximate surface area is 148 Å². The standard InChI is InChI=1S/C24H32/c1-17-9-11-19(3)23(13-17)15-21-7-5-6-8-22(21)16-24-14-18(2)10-12-20(24)4/h5-9,11,13,18,20,24H,10,12,14-16H2,1-4H3. The van der Waals surface area contributed by atoms with Gasteiger partial charge in [0, 0.05) is 0 Å². The van der Waals surface area contributed by atoms with Crippen molar-refractivity contribution in [1.82, 2.24) is 0 Å². The van der Waals surface area contributed by atoms with Crippen LogP contribution in [0, 0.1) is 31.6 Å². The molecule has 24 heavy (non-hydrogen) atoms. The first-order chi connectivity index (χ1) is 11.5. The van der Waals surface area contributed by atoms with Crippen LogP contribution in [0.5, 0.6) is 0 Å². The molecule has 1 fully saturated rings. The lowest BCUT2D eigenvalue weighted by atomic mass is 9.72. The fourth-order valence-electron chi connectivity index (χ4n) is 4.34. The zero-order valence-corrected chi connectivity index (χ0v) is 15.8. The Hall–Kier alpha value is -1.56. The van der Waals surface area contributed by atoms with Crippen molar-refractivity contribution in [2.24, 2.45) is 17.8 Å². The normalized spacial score (nSPS) is 24.1. The monoisotopic (exact) mass is 320 g/mol. The Morgan fingerprint density at radius 1 is 0.875 bits per heavy atom. The molecule has 0 amide bonds. The van der Waals surface area contributed by atoms with Crippen molar-refractivity contribution in [3.8, 4) is 0 Å². The van der Waals surface area contributed by atoms with E-state index >= 15 is 0 Å². The maximum Gasteiger partial charge on any atom is -0.00203 e. The number of aryl methyl sites for hydroxylation is 2. The first-order valence-corrected chi connectivity index (χ1v) is 9.66. The largest absolute Gasteiger partial charge is 0.0625 e. The molecule has 0 nitrogen and oxygen atoms in total. The first kappa shape index (κ1) is 17.3. The van der Waals surface area contributed by atoms with Crippen LogP contribution in [-0.4, -0.2) is 0 Å². The van der Waals surface area contributed by atoms with Crippen LogP contribution in [0.4, 0.5) is 0 Å². The van der Waals surface area contributed by atoms with Crippen molar-refractivity contribution in [2.45, 2.75) is 59.8 Å². The van der Waals surface area contributed by atoms with Gasteiger partial charge < -0.3 is 0 Å². The van der Waals surface area contributed by atoms with Gasteiger partial charge in [0.15, 0.2) is 0 Å². The van der Waals surface area contributed by atoms with Crippen LogP contribution in [-0.2, 0) is 12.8 Å². The molecular weight excluding hydrogens is 288 g/mol. The van der Waals surface area contributed by atoms with E-state index in [-0.39, 0.29) is 0 Å². The van der Waals surface area contributed by atoms with Gasteiger partial charge in [-0.15, -0.1) is 0 Å². The predicted octanol–water partition coefficient (Wildman–Crippen LogP) is 6.51. The van der Waals surface area contributed by atoms with Crippen LogP contribution < -0.4 is 0 Å². The van der Waals surface area contributed by atoms with Gasteiger partial charge in [0.1, 0.15) is 0 Å². The molecule has 3 unspecified atom stereocenters. The summed E-state index contributed by atoms with van der Waals surface area (Å²) in [7, 11) is 0. The van der Waals surface area contributed by atoms with Crippen LogP contribution in [0.25, 0.3) is 0 Å². The zero-order valence-electron chi connectivity index (χ0n) is 15.8. The summed E-state index contributed by atoms with van der Waals surface area (Å²) in [5.74, 6) is 2.63. The topological polar surface area (TPSA) is 0 Å². The summed E-state index contributed by atoms with van der Waals surface area (Å²) in [6.45, 7) is 9.33. The Morgan fingerprint density at radius 2 is 1.62 bits per heavy atom. The summed E-state index contributed by atoms with van der Waals surface area (Å²) in [4.78, 5) is 0. The van der Waals surface area contributed by atoms with Crippen molar-refractivity contribution < 1.29 is 0 Å². The third-order valence-electron chi connectivity index (χ3n) is 6.11. The minimum Gasteiger partial charge on any atom is -0.0625 e. The van der Waals surface area contributed by atoms with Gasteiger partial charge in [-0.2, -0.15) is 0 Å². The lowest BCUT2D eigenvalue weighted by Crippen LogP contribution is -2.23. The van der Waals surface area contributed by atoms with Gasteiger partial charge in [-0.05, 0) is 73.1 Å². The van der Waals surface area contributed by atoms with Gasteiger partial charge in [0.25, 0.3) is 0 Å². The summed E-state index contributed by atoms with van der Waals surface area (Å²) in [5.41, 5.74) is 7.35. The molecule has 0 bridgehead atoms. The van der Waals surface area contributed by atoms with Crippen molar-refractivity contribution >= 4 is 0 Å². The smallest absolute Gasteiger partial charge is 0.00203 e. The van der Waals surface area contributed by atoms with E-state index in [0.29, 0.717) is 0 Å². The summed E-state index contributed by atoms with van der Waals surface area (Å²) < 4.78 is 0. The third kappa shape index (κ3) is 4.09. The molecule has 1 aliphatic rings. The Morgan fingerprint density at radius 3 is 2.42 bits per heavy atom. The summed E-state index contributed by atoms with van der Waals surface area (Å²) >= 11 is 0. The molecule has 0 N–H and O–H groups in total. The molecule has 0 saturated heterocycles. The highest BCUT2D eigenvalue weighted by Gasteiger charge is 2.26. The Balaban J connectivity index is 1.81. The molecule has 3 atom stereocenters. The van der Waals surface area contributed by atoms with E-state index in [1.165, 1.54) is 47.9 Å². The quantitative estimate of drug-likeness (QED) is 0.602. The van der Waals surface area contributed by atoms with Crippen molar-refractivity contribution in [2.75, 3.05) is 0 Å². The van der Waals surface area contributed by atoms with Crippen LogP contribution in [0.1, 0.15) is 60.9 Å². The fourth-order valence-corrected chi connectivity index (χ4v) is 4.34. The molecule has 128 valence electrons. The van der Waals surface area contributed by atoms with Gasteiger partial charge in [-0.3, -0.25) is 0 Å². The van der Waals surface area contributed by atoms with E-state index in [1.807, 2.05) is 0 Å². The third-order valence-corrected chi connectivity index (χ3v) is 6.11. The average molecular weight is 321 g/mol. The van der Waals surface area contributed by atoms with Crippen molar-refractivity contribution in [1.29, 1.82) is 0 Å². The van der Waals surface area contributed by atoms with E-state index in [0.717, 1.165) is 24.2 Å². The van der Waals surface area contributed by atoms with Crippen LogP contribution >= 0.6 is 0 Å². The van der Waals surface area contributed by atoms with E-state index < -0.39 is 0 Å². The first-order valence-electron chi connectivity index (χ1n) is 9.66. The Kier molecular flexibility index (Phi) is 5.43. The highest BCUT2D eigenvalue weighted by Crippen LogP contribution is 2.36. The second kappa shape index (κ2) is 7.55. The van der Waals surface area contributed by atoms with Crippen LogP contribution in [0.3, 0.4) is 0 Å². The second-order valence-electron chi connectivity index (χ2n) is 8.24. The summed E-state index contributed by atoms with van der Waals surface area (Å²) in [6, 6.07) is 16.0. The maximum absolute atomic E-state index is 2.46. The lowest BCUT2D eigenvalue weighted by molar-refractivity contribution is 0.202. The fraction of sp³-hybridized carbons (Fsp3) is 0.500. The average Bonchev–Trinajstić information content (AvgIpc) is 2.56. The number of hydrogen-bond acceptors (Lipinski definition) is 0. The van der Waals surface area contributed by atoms with E-state index in [1.54, 1.807) is 5.56 Å². The molecule has 1 saturated carbocycles. The highest BCUT2D eigenvalue weighted by molar-refractivity contribution is 5.38. The molecule has 0 heterocycles. The molecule has 0 spiro atoms.